The molecule has 1 aliphatic carbocycles. The summed E-state index contributed by atoms with van der Waals surface area (Å²) < 4.78 is 6.51. The Balaban J connectivity index is 2.19. The van der Waals surface area contributed by atoms with Crippen LogP contribution in [0.3, 0.4) is 0 Å². The number of allylic oxidation sites excluding steroid dienone is 2. The van der Waals surface area contributed by atoms with Gasteiger partial charge in [-0.25, -0.2) is 0 Å². The van der Waals surface area contributed by atoms with E-state index in [4.69, 9.17) is 4.74 Å². The first-order valence-electron chi connectivity index (χ1n) is 4.61. The molecule has 0 bridgehead atoms. The predicted octanol–water partition coefficient (Wildman–Crippen LogP) is 3.78. The van der Waals surface area contributed by atoms with Crippen LogP contribution in [-0.4, -0.2) is 5.11 Å². The monoisotopic (exact) mass is 254 g/mol. The summed E-state index contributed by atoms with van der Waals surface area (Å²) in [6.07, 6.45) is 2.54. The van der Waals surface area contributed by atoms with Crippen molar-refractivity contribution in [1.82, 2.24) is 0 Å². The van der Waals surface area contributed by atoms with E-state index in [1.807, 2.05) is 24.3 Å². The lowest BCUT2D eigenvalue weighted by atomic mass is 10.3. The zero-order valence-corrected chi connectivity index (χ0v) is 9.25. The topological polar surface area (TPSA) is 29.5 Å². The first kappa shape index (κ1) is 9.59. The lowest BCUT2D eigenvalue weighted by Crippen LogP contribution is -1.95. The van der Waals surface area contributed by atoms with Crippen LogP contribution in [0.4, 0.5) is 0 Å². The largest absolute Gasteiger partial charge is 0.509 e. The van der Waals surface area contributed by atoms with Crippen LogP contribution in [0, 0.1) is 0 Å². The third-order valence-corrected chi connectivity index (χ3v) is 2.86. The van der Waals surface area contributed by atoms with E-state index in [1.54, 1.807) is 0 Å². The maximum absolute atomic E-state index is 9.48. The van der Waals surface area contributed by atoms with Crippen LogP contribution in [-0.2, 0) is 0 Å². The molecule has 0 amide bonds. The maximum Gasteiger partial charge on any atom is 0.141 e. The summed E-state index contributed by atoms with van der Waals surface area (Å²) in [4.78, 5) is 0. The zero-order chi connectivity index (χ0) is 9.97. The van der Waals surface area contributed by atoms with E-state index in [-0.39, 0.29) is 0 Å². The molecule has 1 aliphatic rings. The van der Waals surface area contributed by atoms with Crippen molar-refractivity contribution >= 4 is 15.9 Å². The van der Waals surface area contributed by atoms with E-state index in [0.717, 1.165) is 29.5 Å². The molecule has 0 atom stereocenters. The normalized spacial score (nSPS) is 16.1. The average Bonchev–Trinajstić information content (AvgIpc) is 2.56. The highest BCUT2D eigenvalue weighted by molar-refractivity contribution is 9.10. The maximum atomic E-state index is 9.48. The minimum Gasteiger partial charge on any atom is -0.509 e. The summed E-state index contributed by atoms with van der Waals surface area (Å²) >= 11 is 3.39. The quantitative estimate of drug-likeness (QED) is 0.871. The second-order valence-corrected chi connectivity index (χ2v) is 4.11. The van der Waals surface area contributed by atoms with E-state index in [2.05, 4.69) is 15.9 Å². The molecule has 14 heavy (non-hydrogen) atoms. The van der Waals surface area contributed by atoms with Gasteiger partial charge in [0.1, 0.15) is 17.3 Å². The van der Waals surface area contributed by atoms with Crippen LogP contribution in [0.15, 0.2) is 40.3 Å². The fourth-order valence-corrected chi connectivity index (χ4v) is 1.84. The van der Waals surface area contributed by atoms with Gasteiger partial charge in [-0.15, -0.1) is 0 Å². The van der Waals surface area contributed by atoms with Crippen LogP contribution in [0.25, 0.3) is 0 Å². The SMILES string of the molecule is OC1=C(Oc2ccccc2Br)CCC1. The van der Waals surface area contributed by atoms with Crippen molar-refractivity contribution in [2.45, 2.75) is 19.3 Å². The molecule has 2 nitrogen and oxygen atoms in total. The summed E-state index contributed by atoms with van der Waals surface area (Å²) in [5.74, 6) is 1.86. The molecule has 2 rings (SSSR count). The number of aliphatic hydroxyl groups is 1. The molecule has 0 spiro atoms. The van der Waals surface area contributed by atoms with Crippen molar-refractivity contribution in [3.8, 4) is 5.75 Å². The zero-order valence-electron chi connectivity index (χ0n) is 7.66. The van der Waals surface area contributed by atoms with Gasteiger partial charge in [0.25, 0.3) is 0 Å². The van der Waals surface area contributed by atoms with Gasteiger partial charge in [-0.3, -0.25) is 0 Å². The van der Waals surface area contributed by atoms with E-state index in [1.165, 1.54) is 0 Å². The molecule has 0 saturated heterocycles. The molecule has 1 aromatic rings. The van der Waals surface area contributed by atoms with Gasteiger partial charge in [-0.05, 0) is 34.5 Å². The summed E-state index contributed by atoms with van der Waals surface area (Å²) in [5.41, 5.74) is 0. The summed E-state index contributed by atoms with van der Waals surface area (Å²) in [6, 6.07) is 7.64. The highest BCUT2D eigenvalue weighted by atomic mass is 79.9. The number of para-hydroxylation sites is 1. The lowest BCUT2D eigenvalue weighted by molar-refractivity contribution is 0.338. The van der Waals surface area contributed by atoms with Gasteiger partial charge in [0.05, 0.1) is 4.47 Å². The Morgan fingerprint density at radius 3 is 2.64 bits per heavy atom. The van der Waals surface area contributed by atoms with Crippen LogP contribution < -0.4 is 4.74 Å². The molecule has 0 fully saturated rings. The molecule has 1 aromatic carbocycles. The van der Waals surface area contributed by atoms with E-state index >= 15 is 0 Å². The minimum absolute atomic E-state index is 0.390. The van der Waals surface area contributed by atoms with Crippen LogP contribution in [0.1, 0.15) is 19.3 Å². The van der Waals surface area contributed by atoms with Crippen molar-refractivity contribution < 1.29 is 9.84 Å². The summed E-state index contributed by atoms with van der Waals surface area (Å²) in [7, 11) is 0. The van der Waals surface area contributed by atoms with Gasteiger partial charge in [-0.2, -0.15) is 0 Å². The Labute approximate surface area is 91.3 Å². The predicted molar refractivity (Wildman–Crippen MR) is 58.3 cm³/mol. The Morgan fingerprint density at radius 1 is 1.21 bits per heavy atom. The van der Waals surface area contributed by atoms with Crippen molar-refractivity contribution in [3.63, 3.8) is 0 Å². The third kappa shape index (κ3) is 1.93. The molecule has 0 heterocycles. The van der Waals surface area contributed by atoms with E-state index in [0.29, 0.717) is 11.5 Å². The number of benzene rings is 1. The molecule has 74 valence electrons. The fourth-order valence-electron chi connectivity index (χ4n) is 1.47. The van der Waals surface area contributed by atoms with Gasteiger partial charge in [-0.1, -0.05) is 12.1 Å². The number of halogens is 1. The number of rotatable bonds is 2. The Morgan fingerprint density at radius 2 is 2.00 bits per heavy atom. The smallest absolute Gasteiger partial charge is 0.141 e. The number of hydrogen-bond acceptors (Lipinski definition) is 2. The van der Waals surface area contributed by atoms with Crippen LogP contribution >= 0.6 is 15.9 Å². The first-order valence-corrected chi connectivity index (χ1v) is 5.40. The third-order valence-electron chi connectivity index (χ3n) is 2.21. The van der Waals surface area contributed by atoms with Gasteiger partial charge in [0, 0.05) is 12.8 Å². The van der Waals surface area contributed by atoms with E-state index in [9.17, 15) is 5.11 Å². The van der Waals surface area contributed by atoms with Crippen molar-refractivity contribution in [3.05, 3.63) is 40.3 Å². The van der Waals surface area contributed by atoms with Gasteiger partial charge in [0.2, 0.25) is 0 Å². The lowest BCUT2D eigenvalue weighted by Gasteiger charge is -2.08. The molecular weight excluding hydrogens is 244 g/mol. The molecular formula is C11H11BrO2. The second-order valence-electron chi connectivity index (χ2n) is 3.26. The van der Waals surface area contributed by atoms with Crippen LogP contribution in [0.2, 0.25) is 0 Å². The average molecular weight is 255 g/mol. The highest BCUT2D eigenvalue weighted by Crippen LogP contribution is 2.31. The Kier molecular flexibility index (Phi) is 2.77. The molecule has 0 aliphatic heterocycles. The molecule has 0 aromatic heterocycles. The summed E-state index contributed by atoms with van der Waals surface area (Å²) in [6.45, 7) is 0. The highest BCUT2D eigenvalue weighted by Gasteiger charge is 2.16. The number of aliphatic hydroxyl groups excluding tert-OH is 1. The molecule has 3 heteroatoms. The minimum atomic E-state index is 0.390. The number of hydrogen-bond donors (Lipinski definition) is 1. The van der Waals surface area contributed by atoms with Crippen molar-refractivity contribution in [1.29, 1.82) is 0 Å². The van der Waals surface area contributed by atoms with E-state index < -0.39 is 0 Å². The number of ether oxygens (including phenoxy) is 1. The Hall–Kier alpha value is -0.960. The standard InChI is InChI=1S/C11H11BrO2/c12-8-4-1-2-6-10(8)14-11-7-3-5-9(11)13/h1-2,4,6,13H,3,5,7H2. The fraction of sp³-hybridized carbons (Fsp3) is 0.273. The van der Waals surface area contributed by atoms with Crippen molar-refractivity contribution in [2.75, 3.05) is 0 Å². The van der Waals surface area contributed by atoms with Gasteiger partial charge >= 0.3 is 0 Å². The van der Waals surface area contributed by atoms with Gasteiger partial charge in [0.15, 0.2) is 0 Å². The molecule has 0 unspecified atom stereocenters. The van der Waals surface area contributed by atoms with Gasteiger partial charge < -0.3 is 9.84 Å². The molecule has 0 radical (unpaired) electrons. The molecule has 0 saturated carbocycles. The first-order chi connectivity index (χ1) is 6.77. The Bertz CT molecular complexity index is 371. The summed E-state index contributed by atoms with van der Waals surface area (Å²) in [5, 5.41) is 9.48. The molecule has 1 N–H and O–H groups in total. The van der Waals surface area contributed by atoms with Crippen LogP contribution in [0.5, 0.6) is 5.75 Å². The van der Waals surface area contributed by atoms with Crippen molar-refractivity contribution in [2.24, 2.45) is 0 Å². The second kappa shape index (κ2) is 4.05.